The molecule has 2 aliphatic heterocycles. The molecule has 2 aromatic carbocycles. The first-order valence-electron chi connectivity index (χ1n) is 10.6. The quantitative estimate of drug-likeness (QED) is 0.789. The van der Waals surface area contributed by atoms with E-state index in [4.69, 9.17) is 0 Å². The van der Waals surface area contributed by atoms with Crippen LogP contribution in [-0.4, -0.2) is 61.0 Å². The lowest BCUT2D eigenvalue weighted by atomic mass is 10.00. The van der Waals surface area contributed by atoms with Crippen molar-refractivity contribution in [1.29, 1.82) is 0 Å². The molecule has 0 spiro atoms. The average molecular weight is 396 g/mol. The zero-order valence-corrected chi connectivity index (χ0v) is 17.4. The van der Waals surface area contributed by atoms with Gasteiger partial charge in [-0.15, -0.1) is 0 Å². The molecular formula is C24H30FN3O. The van der Waals surface area contributed by atoms with E-state index >= 15 is 0 Å². The fraction of sp³-hybridized carbons (Fsp3) is 0.458. The Morgan fingerprint density at radius 2 is 1.69 bits per heavy atom. The van der Waals surface area contributed by atoms with Crippen molar-refractivity contribution in [2.24, 2.45) is 0 Å². The van der Waals surface area contributed by atoms with Gasteiger partial charge in [0.1, 0.15) is 5.82 Å². The van der Waals surface area contributed by atoms with Crippen LogP contribution in [0.2, 0.25) is 0 Å². The van der Waals surface area contributed by atoms with Gasteiger partial charge in [0.05, 0.1) is 0 Å². The molecule has 0 saturated carbocycles. The first-order valence-corrected chi connectivity index (χ1v) is 10.6. The Kier molecular flexibility index (Phi) is 5.86. The number of amides is 1. The number of benzene rings is 2. The van der Waals surface area contributed by atoms with E-state index in [1.165, 1.54) is 17.7 Å². The maximum Gasteiger partial charge on any atom is 0.254 e. The molecule has 2 aromatic rings. The van der Waals surface area contributed by atoms with Gasteiger partial charge in [-0.05, 0) is 62.6 Å². The molecule has 5 heteroatoms. The number of carbonyl (C=O) groups is 1. The molecule has 2 saturated heterocycles. The molecule has 0 unspecified atom stereocenters. The second kappa shape index (κ2) is 8.54. The Balaban J connectivity index is 1.36. The molecule has 0 aliphatic carbocycles. The molecule has 4 nitrogen and oxygen atoms in total. The minimum absolute atomic E-state index is 0.164. The van der Waals surface area contributed by atoms with Crippen LogP contribution in [0.25, 0.3) is 0 Å². The molecule has 2 fully saturated rings. The van der Waals surface area contributed by atoms with Crippen LogP contribution < -0.4 is 4.90 Å². The number of hydrogen-bond acceptors (Lipinski definition) is 3. The first kappa shape index (κ1) is 19.9. The maximum absolute atomic E-state index is 13.2. The number of rotatable bonds is 3. The Labute approximate surface area is 172 Å². The summed E-state index contributed by atoms with van der Waals surface area (Å²) in [4.78, 5) is 20.0. The van der Waals surface area contributed by atoms with Crippen LogP contribution in [0.3, 0.4) is 0 Å². The van der Waals surface area contributed by atoms with Gasteiger partial charge in [-0.25, -0.2) is 4.39 Å². The van der Waals surface area contributed by atoms with E-state index in [1.807, 2.05) is 36.1 Å². The highest BCUT2D eigenvalue weighted by Gasteiger charge is 2.30. The molecule has 29 heavy (non-hydrogen) atoms. The van der Waals surface area contributed by atoms with Gasteiger partial charge in [0.15, 0.2) is 0 Å². The summed E-state index contributed by atoms with van der Waals surface area (Å²) in [7, 11) is 0. The highest BCUT2D eigenvalue weighted by Crippen LogP contribution is 2.23. The van der Waals surface area contributed by atoms with E-state index < -0.39 is 0 Å². The average Bonchev–Trinajstić information content (AvgIpc) is 2.74. The van der Waals surface area contributed by atoms with Crippen LogP contribution in [0.5, 0.6) is 0 Å². The number of hydrogen-bond donors (Lipinski definition) is 0. The zero-order valence-electron chi connectivity index (χ0n) is 17.4. The van der Waals surface area contributed by atoms with E-state index in [1.54, 1.807) is 0 Å². The summed E-state index contributed by atoms with van der Waals surface area (Å²) >= 11 is 0. The molecule has 2 aliphatic rings. The van der Waals surface area contributed by atoms with E-state index in [9.17, 15) is 9.18 Å². The third-order valence-corrected chi connectivity index (χ3v) is 6.32. The number of anilines is 1. The van der Waals surface area contributed by atoms with Gasteiger partial charge in [0.2, 0.25) is 0 Å². The minimum Gasteiger partial charge on any atom is -0.369 e. The van der Waals surface area contributed by atoms with Crippen LogP contribution >= 0.6 is 0 Å². The Morgan fingerprint density at radius 3 is 2.38 bits per heavy atom. The Morgan fingerprint density at radius 1 is 0.966 bits per heavy atom. The fourth-order valence-corrected chi connectivity index (χ4v) is 4.66. The molecule has 154 valence electrons. The number of carbonyl (C=O) groups excluding carboxylic acids is 1. The van der Waals surface area contributed by atoms with Crippen molar-refractivity contribution in [3.63, 3.8) is 0 Å². The van der Waals surface area contributed by atoms with Gasteiger partial charge in [0.25, 0.3) is 5.91 Å². The van der Waals surface area contributed by atoms with Gasteiger partial charge in [-0.2, -0.15) is 0 Å². The lowest BCUT2D eigenvalue weighted by Gasteiger charge is -2.44. The number of piperazine rings is 1. The molecule has 0 aromatic heterocycles. The Bertz CT molecular complexity index is 859. The molecule has 1 amide bonds. The van der Waals surface area contributed by atoms with Crippen molar-refractivity contribution in [3.05, 3.63) is 65.0 Å². The molecule has 0 bridgehead atoms. The van der Waals surface area contributed by atoms with Crippen molar-refractivity contribution in [3.8, 4) is 0 Å². The summed E-state index contributed by atoms with van der Waals surface area (Å²) in [5.74, 6) is -0.0275. The van der Waals surface area contributed by atoms with E-state index in [0.717, 1.165) is 68.9 Å². The van der Waals surface area contributed by atoms with Crippen molar-refractivity contribution in [1.82, 2.24) is 9.80 Å². The van der Waals surface area contributed by atoms with E-state index in [-0.39, 0.29) is 11.7 Å². The summed E-state index contributed by atoms with van der Waals surface area (Å²) < 4.78 is 13.2. The first-order chi connectivity index (χ1) is 14.0. The number of halogens is 1. The summed E-state index contributed by atoms with van der Waals surface area (Å²) in [6.07, 6.45) is 2.20. The van der Waals surface area contributed by atoms with Crippen LogP contribution in [0, 0.1) is 19.7 Å². The SMILES string of the molecule is Cc1ccc(C(=O)N2CCC[C@@H](N3CCN(c4ccc(F)cc4)CC3)C2)c(C)c1. The predicted octanol–water partition coefficient (Wildman–Crippen LogP) is 3.87. The highest BCUT2D eigenvalue weighted by atomic mass is 19.1. The van der Waals surface area contributed by atoms with Gasteiger partial charge in [0, 0.05) is 56.6 Å². The fourth-order valence-electron chi connectivity index (χ4n) is 4.66. The van der Waals surface area contributed by atoms with Gasteiger partial charge in [-0.3, -0.25) is 9.69 Å². The summed E-state index contributed by atoms with van der Waals surface area (Å²) in [5.41, 5.74) is 4.17. The van der Waals surface area contributed by atoms with Gasteiger partial charge in [-0.1, -0.05) is 17.7 Å². The van der Waals surface area contributed by atoms with Crippen LogP contribution in [0.1, 0.15) is 34.3 Å². The smallest absolute Gasteiger partial charge is 0.254 e. The van der Waals surface area contributed by atoms with Crippen molar-refractivity contribution in [2.45, 2.75) is 32.7 Å². The molecule has 0 radical (unpaired) electrons. The summed E-state index contributed by atoms with van der Waals surface area (Å²) in [5, 5.41) is 0. The second-order valence-electron chi connectivity index (χ2n) is 8.37. The van der Waals surface area contributed by atoms with Gasteiger partial charge < -0.3 is 9.80 Å². The van der Waals surface area contributed by atoms with Crippen molar-refractivity contribution < 1.29 is 9.18 Å². The van der Waals surface area contributed by atoms with Crippen LogP contribution in [0.4, 0.5) is 10.1 Å². The van der Waals surface area contributed by atoms with Crippen LogP contribution in [-0.2, 0) is 0 Å². The number of likely N-dealkylation sites (tertiary alicyclic amines) is 1. The van der Waals surface area contributed by atoms with Crippen LogP contribution in [0.15, 0.2) is 42.5 Å². The highest BCUT2D eigenvalue weighted by molar-refractivity contribution is 5.95. The largest absolute Gasteiger partial charge is 0.369 e. The number of aryl methyl sites for hydroxylation is 2. The third-order valence-electron chi connectivity index (χ3n) is 6.32. The summed E-state index contributed by atoms with van der Waals surface area (Å²) in [6, 6.07) is 13.3. The summed E-state index contributed by atoms with van der Waals surface area (Å²) in [6.45, 7) is 9.57. The molecule has 4 rings (SSSR count). The predicted molar refractivity (Wildman–Crippen MR) is 115 cm³/mol. The monoisotopic (exact) mass is 395 g/mol. The topological polar surface area (TPSA) is 26.8 Å². The number of nitrogens with zero attached hydrogens (tertiary/aromatic N) is 3. The molecule has 2 heterocycles. The second-order valence-corrected chi connectivity index (χ2v) is 8.37. The van der Waals surface area contributed by atoms with E-state index in [0.29, 0.717) is 6.04 Å². The normalized spacial score (nSPS) is 20.7. The van der Waals surface area contributed by atoms with E-state index in [2.05, 4.69) is 22.8 Å². The standard InChI is InChI=1S/C24H30FN3O/c1-18-5-10-23(19(2)16-18)24(29)28-11-3-4-22(17-28)27-14-12-26(13-15-27)21-8-6-20(25)7-9-21/h5-10,16,22H,3-4,11-15,17H2,1-2H3/t22-/m1/s1. The number of piperidine rings is 1. The zero-order chi connectivity index (χ0) is 20.4. The lowest BCUT2D eigenvalue weighted by Crippen LogP contribution is -2.56. The molecular weight excluding hydrogens is 365 g/mol. The van der Waals surface area contributed by atoms with Crippen molar-refractivity contribution in [2.75, 3.05) is 44.2 Å². The molecule has 1 atom stereocenters. The molecule has 0 N–H and O–H groups in total. The Hall–Kier alpha value is -2.40. The van der Waals surface area contributed by atoms with Gasteiger partial charge >= 0.3 is 0 Å². The third kappa shape index (κ3) is 4.45. The minimum atomic E-state index is -0.192. The van der Waals surface area contributed by atoms with Crippen molar-refractivity contribution >= 4 is 11.6 Å². The lowest BCUT2D eigenvalue weighted by molar-refractivity contribution is 0.0563. The maximum atomic E-state index is 13.2.